The lowest BCUT2D eigenvalue weighted by Gasteiger charge is -2.61. The van der Waals surface area contributed by atoms with Gasteiger partial charge in [0.25, 0.3) is 0 Å². The molecule has 2 unspecified atom stereocenters. The number of carbonyl (C=O) groups excluding carboxylic acids is 1. The van der Waals surface area contributed by atoms with Crippen LogP contribution in [0, 0.1) is 24.2 Å². The number of aromatic nitrogens is 2. The first-order chi connectivity index (χ1) is 14.0. The summed E-state index contributed by atoms with van der Waals surface area (Å²) in [4.78, 5) is 17.9. The molecule has 0 radical (unpaired) electrons. The molecule has 0 saturated heterocycles. The van der Waals surface area contributed by atoms with E-state index in [1.54, 1.807) is 0 Å². The van der Waals surface area contributed by atoms with Crippen LogP contribution in [0.5, 0.6) is 0 Å². The third kappa shape index (κ3) is 2.92. The number of rotatable bonds is 5. The maximum absolute atomic E-state index is 13.4. The van der Waals surface area contributed by atoms with Crippen molar-refractivity contribution in [3.8, 4) is 0 Å². The SMILES string of the molecule is Cc1ccc(C23CC4CC(CC(C(=O)NCc5nc(C6CC6)no5)(C4)C2)C3)cc1. The molecule has 2 atom stereocenters. The van der Waals surface area contributed by atoms with Gasteiger partial charge in [-0.1, -0.05) is 35.0 Å². The van der Waals surface area contributed by atoms with Crippen molar-refractivity contribution in [3.05, 3.63) is 47.1 Å². The Balaban J connectivity index is 1.23. The third-order valence-electron chi connectivity index (χ3n) is 8.03. The highest BCUT2D eigenvalue weighted by Crippen LogP contribution is 2.65. The standard InChI is InChI=1S/C24H29N3O2/c1-15-2-6-19(7-3-15)23-9-16-8-17(10-23)12-24(11-16,14-23)22(28)25-13-20-26-21(27-29-20)18-4-5-18/h2-3,6-7,16-18H,4-5,8-14H2,1H3,(H,25,28). The molecule has 0 aliphatic heterocycles. The topological polar surface area (TPSA) is 68.0 Å². The fraction of sp³-hybridized carbons (Fsp3) is 0.625. The van der Waals surface area contributed by atoms with Crippen LogP contribution in [0.4, 0.5) is 0 Å². The Morgan fingerprint density at radius 2 is 1.86 bits per heavy atom. The predicted molar refractivity (Wildman–Crippen MR) is 108 cm³/mol. The van der Waals surface area contributed by atoms with E-state index in [4.69, 9.17) is 4.52 Å². The van der Waals surface area contributed by atoms with Gasteiger partial charge in [-0.3, -0.25) is 4.79 Å². The summed E-state index contributed by atoms with van der Waals surface area (Å²) < 4.78 is 5.36. The number of amides is 1. The minimum Gasteiger partial charge on any atom is -0.347 e. The Morgan fingerprint density at radius 1 is 1.14 bits per heavy atom. The maximum atomic E-state index is 13.4. The Hall–Kier alpha value is -2.17. The van der Waals surface area contributed by atoms with Gasteiger partial charge in [0.15, 0.2) is 5.82 Å². The number of aryl methyl sites for hydroxylation is 1. The first-order valence-electron chi connectivity index (χ1n) is 11.2. The zero-order chi connectivity index (χ0) is 19.6. The van der Waals surface area contributed by atoms with E-state index in [9.17, 15) is 4.79 Å². The molecule has 5 nitrogen and oxygen atoms in total. The second-order valence-electron chi connectivity index (χ2n) is 10.4. The van der Waals surface area contributed by atoms with E-state index in [0.717, 1.165) is 37.9 Å². The number of carbonyl (C=O) groups is 1. The monoisotopic (exact) mass is 391 g/mol. The summed E-state index contributed by atoms with van der Waals surface area (Å²) >= 11 is 0. The van der Waals surface area contributed by atoms with Gasteiger partial charge in [-0.2, -0.15) is 4.98 Å². The molecule has 5 heteroatoms. The summed E-state index contributed by atoms with van der Waals surface area (Å²) in [6.07, 6.45) is 9.17. The van der Waals surface area contributed by atoms with E-state index in [0.29, 0.717) is 30.2 Å². The third-order valence-corrected chi connectivity index (χ3v) is 8.03. The zero-order valence-corrected chi connectivity index (χ0v) is 17.1. The first-order valence-corrected chi connectivity index (χ1v) is 11.2. The number of nitrogens with zero attached hydrogens (tertiary/aromatic N) is 2. The lowest BCUT2D eigenvalue weighted by molar-refractivity contribution is -0.149. The number of nitrogens with one attached hydrogen (secondary N) is 1. The van der Waals surface area contributed by atoms with Crippen molar-refractivity contribution < 1.29 is 9.32 Å². The van der Waals surface area contributed by atoms with E-state index in [-0.39, 0.29) is 16.7 Å². The molecule has 1 N–H and O–H groups in total. The van der Waals surface area contributed by atoms with Crippen molar-refractivity contribution in [3.63, 3.8) is 0 Å². The highest BCUT2D eigenvalue weighted by atomic mass is 16.5. The van der Waals surface area contributed by atoms with E-state index in [1.807, 2.05) is 0 Å². The lowest BCUT2D eigenvalue weighted by Crippen LogP contribution is -2.59. The molecule has 5 aliphatic carbocycles. The Kier molecular flexibility index (Phi) is 3.76. The predicted octanol–water partition coefficient (Wildman–Crippen LogP) is 4.41. The van der Waals surface area contributed by atoms with Crippen LogP contribution in [0.15, 0.2) is 28.8 Å². The first kappa shape index (κ1) is 17.7. The molecule has 1 amide bonds. The van der Waals surface area contributed by atoms with Crippen LogP contribution in [0.1, 0.15) is 80.1 Å². The Morgan fingerprint density at radius 3 is 2.55 bits per heavy atom. The van der Waals surface area contributed by atoms with Gasteiger partial charge in [-0.25, -0.2) is 0 Å². The molecule has 5 fully saturated rings. The molecular formula is C24H29N3O2. The van der Waals surface area contributed by atoms with Crippen molar-refractivity contribution in [1.29, 1.82) is 0 Å². The summed E-state index contributed by atoms with van der Waals surface area (Å²) in [5.41, 5.74) is 2.70. The van der Waals surface area contributed by atoms with E-state index in [2.05, 4.69) is 46.6 Å². The van der Waals surface area contributed by atoms with Gasteiger partial charge in [0.05, 0.1) is 12.0 Å². The van der Waals surface area contributed by atoms with E-state index >= 15 is 0 Å². The molecule has 2 aromatic rings. The second kappa shape index (κ2) is 6.16. The smallest absolute Gasteiger partial charge is 0.246 e. The molecule has 29 heavy (non-hydrogen) atoms. The normalized spacial score (nSPS) is 35.1. The van der Waals surface area contributed by atoms with Crippen molar-refractivity contribution in [2.45, 2.75) is 76.2 Å². The summed E-state index contributed by atoms with van der Waals surface area (Å²) in [7, 11) is 0. The van der Waals surface area contributed by atoms with Crippen molar-refractivity contribution >= 4 is 5.91 Å². The summed E-state index contributed by atoms with van der Waals surface area (Å²) in [6.45, 7) is 2.50. The van der Waals surface area contributed by atoms with Crippen LogP contribution >= 0.6 is 0 Å². The van der Waals surface area contributed by atoms with Gasteiger partial charge in [0, 0.05) is 5.92 Å². The lowest BCUT2D eigenvalue weighted by atomic mass is 9.42. The molecule has 1 aromatic heterocycles. The molecule has 7 rings (SSSR count). The Labute approximate surface area is 171 Å². The van der Waals surface area contributed by atoms with Crippen LogP contribution in [0.25, 0.3) is 0 Å². The Bertz CT molecular complexity index is 929. The van der Waals surface area contributed by atoms with Gasteiger partial charge in [0.1, 0.15) is 0 Å². The van der Waals surface area contributed by atoms with Gasteiger partial charge in [-0.05, 0) is 81.1 Å². The molecule has 5 aliphatic rings. The average molecular weight is 392 g/mol. The summed E-state index contributed by atoms with van der Waals surface area (Å²) in [5, 5.41) is 7.24. The minimum atomic E-state index is -0.228. The summed E-state index contributed by atoms with van der Waals surface area (Å²) in [6, 6.07) is 9.08. The van der Waals surface area contributed by atoms with E-state index < -0.39 is 0 Å². The number of hydrogen-bond donors (Lipinski definition) is 1. The van der Waals surface area contributed by atoms with Crippen molar-refractivity contribution in [2.24, 2.45) is 17.3 Å². The highest BCUT2D eigenvalue weighted by molar-refractivity contribution is 5.83. The van der Waals surface area contributed by atoms with E-state index in [1.165, 1.54) is 30.4 Å². The van der Waals surface area contributed by atoms with Gasteiger partial charge < -0.3 is 9.84 Å². The van der Waals surface area contributed by atoms with Crippen molar-refractivity contribution in [1.82, 2.24) is 15.5 Å². The highest BCUT2D eigenvalue weighted by Gasteiger charge is 2.60. The van der Waals surface area contributed by atoms with Crippen LogP contribution in [-0.2, 0) is 16.8 Å². The largest absolute Gasteiger partial charge is 0.347 e. The maximum Gasteiger partial charge on any atom is 0.246 e. The molecule has 0 spiro atoms. The quantitative estimate of drug-likeness (QED) is 0.820. The fourth-order valence-corrected chi connectivity index (χ4v) is 6.96. The van der Waals surface area contributed by atoms with Gasteiger partial charge in [0.2, 0.25) is 11.8 Å². The number of benzene rings is 1. The fourth-order valence-electron chi connectivity index (χ4n) is 6.96. The molecule has 152 valence electrons. The zero-order valence-electron chi connectivity index (χ0n) is 17.1. The van der Waals surface area contributed by atoms with Crippen molar-refractivity contribution in [2.75, 3.05) is 0 Å². The van der Waals surface area contributed by atoms with Crippen LogP contribution in [0.3, 0.4) is 0 Å². The summed E-state index contributed by atoms with van der Waals surface area (Å²) in [5.74, 6) is 3.37. The molecular weight excluding hydrogens is 362 g/mol. The molecule has 1 aromatic carbocycles. The molecule has 5 saturated carbocycles. The second-order valence-corrected chi connectivity index (χ2v) is 10.4. The number of hydrogen-bond acceptors (Lipinski definition) is 4. The van der Waals surface area contributed by atoms with Crippen LogP contribution in [0.2, 0.25) is 0 Å². The van der Waals surface area contributed by atoms with Crippen LogP contribution in [-0.4, -0.2) is 16.0 Å². The van der Waals surface area contributed by atoms with Gasteiger partial charge >= 0.3 is 0 Å². The van der Waals surface area contributed by atoms with Crippen LogP contribution < -0.4 is 5.32 Å². The molecule has 4 bridgehead atoms. The van der Waals surface area contributed by atoms with Gasteiger partial charge in [-0.15, -0.1) is 0 Å². The molecule has 1 heterocycles. The average Bonchev–Trinajstić information content (AvgIpc) is 3.44. The minimum absolute atomic E-state index is 0.179.